The molecule has 2 N–H and O–H groups in total. The van der Waals surface area contributed by atoms with Crippen molar-refractivity contribution in [3.8, 4) is 0 Å². The molecule has 0 heterocycles. The maximum atomic E-state index is 12.2. The summed E-state index contributed by atoms with van der Waals surface area (Å²) in [4.78, 5) is 22.8. The zero-order valence-electron chi connectivity index (χ0n) is 9.98. The van der Waals surface area contributed by atoms with Gasteiger partial charge in [-0.15, -0.1) is 0 Å². The average Bonchev–Trinajstić information content (AvgIpc) is 2.23. The lowest BCUT2D eigenvalue weighted by Crippen LogP contribution is -2.50. The second-order valence-electron chi connectivity index (χ2n) is 6.24. The minimum absolute atomic E-state index is 0.171. The molecule has 0 atom stereocenters. The van der Waals surface area contributed by atoms with Gasteiger partial charge in [0.05, 0.1) is 5.41 Å². The molecule has 0 radical (unpaired) electrons. The summed E-state index contributed by atoms with van der Waals surface area (Å²) in [5.41, 5.74) is 4.74. The van der Waals surface area contributed by atoms with Gasteiger partial charge in [-0.05, 0) is 56.3 Å². The molecule has 0 spiro atoms. The average molecular weight is 237 g/mol. The molecule has 4 aliphatic rings. The first-order valence-corrected chi connectivity index (χ1v) is 6.53. The SMILES string of the molecule is NC(=O)COC(=O)C12CC3CC(CC(C3)C1)C2. The minimum Gasteiger partial charge on any atom is -0.455 e. The quantitative estimate of drug-likeness (QED) is 0.750. The van der Waals surface area contributed by atoms with Gasteiger partial charge >= 0.3 is 5.97 Å². The molecule has 4 fully saturated rings. The number of rotatable bonds is 3. The second kappa shape index (κ2) is 3.72. The molecule has 0 aromatic carbocycles. The Bertz CT molecular complexity index is 328. The van der Waals surface area contributed by atoms with E-state index < -0.39 is 5.91 Å². The van der Waals surface area contributed by atoms with E-state index in [-0.39, 0.29) is 18.0 Å². The molecule has 4 aliphatic carbocycles. The van der Waals surface area contributed by atoms with Crippen LogP contribution in [0.5, 0.6) is 0 Å². The van der Waals surface area contributed by atoms with E-state index in [2.05, 4.69) is 0 Å². The van der Waals surface area contributed by atoms with E-state index in [1.54, 1.807) is 0 Å². The van der Waals surface area contributed by atoms with E-state index in [4.69, 9.17) is 10.5 Å². The molecular weight excluding hydrogens is 218 g/mol. The van der Waals surface area contributed by atoms with E-state index in [1.807, 2.05) is 0 Å². The van der Waals surface area contributed by atoms with Crippen LogP contribution in [0.4, 0.5) is 0 Å². The Balaban J connectivity index is 1.73. The summed E-state index contributed by atoms with van der Waals surface area (Å²) < 4.78 is 5.07. The molecule has 1 amide bonds. The summed E-state index contributed by atoms with van der Waals surface area (Å²) >= 11 is 0. The Morgan fingerprint density at radius 2 is 1.53 bits per heavy atom. The van der Waals surface area contributed by atoms with Crippen molar-refractivity contribution in [3.05, 3.63) is 0 Å². The highest BCUT2D eigenvalue weighted by Crippen LogP contribution is 2.60. The van der Waals surface area contributed by atoms with Crippen molar-refractivity contribution in [1.29, 1.82) is 0 Å². The topological polar surface area (TPSA) is 69.4 Å². The van der Waals surface area contributed by atoms with Gasteiger partial charge in [0.25, 0.3) is 5.91 Å². The summed E-state index contributed by atoms with van der Waals surface area (Å²) in [5.74, 6) is 1.39. The van der Waals surface area contributed by atoms with Gasteiger partial charge in [0.2, 0.25) is 0 Å². The van der Waals surface area contributed by atoms with Gasteiger partial charge in [-0.3, -0.25) is 9.59 Å². The first-order chi connectivity index (χ1) is 8.07. The Kier molecular flexibility index (Phi) is 2.42. The fourth-order valence-electron chi connectivity index (χ4n) is 4.65. The third-order valence-electron chi connectivity index (χ3n) is 4.82. The standard InChI is InChI=1S/C13H19NO3/c14-11(15)7-17-12(16)13-4-8-1-9(5-13)3-10(2-8)6-13/h8-10H,1-7H2,(H2,14,15). The summed E-state index contributed by atoms with van der Waals surface area (Å²) in [6.45, 7) is -0.263. The van der Waals surface area contributed by atoms with Crippen LogP contribution < -0.4 is 5.73 Å². The summed E-state index contributed by atoms with van der Waals surface area (Å²) in [5, 5.41) is 0. The van der Waals surface area contributed by atoms with Gasteiger partial charge in [0, 0.05) is 0 Å². The summed E-state index contributed by atoms with van der Waals surface area (Å²) in [6.07, 6.45) is 6.79. The van der Waals surface area contributed by atoms with Crippen LogP contribution in [0.15, 0.2) is 0 Å². The van der Waals surface area contributed by atoms with Gasteiger partial charge in [0.15, 0.2) is 6.61 Å². The summed E-state index contributed by atoms with van der Waals surface area (Å²) in [7, 11) is 0. The zero-order valence-corrected chi connectivity index (χ0v) is 9.98. The second-order valence-corrected chi connectivity index (χ2v) is 6.24. The van der Waals surface area contributed by atoms with Crippen molar-refractivity contribution in [2.45, 2.75) is 38.5 Å². The van der Waals surface area contributed by atoms with Gasteiger partial charge < -0.3 is 10.5 Å². The van der Waals surface area contributed by atoms with E-state index in [9.17, 15) is 9.59 Å². The molecular formula is C13H19NO3. The first-order valence-electron chi connectivity index (χ1n) is 6.53. The number of esters is 1. The number of nitrogens with two attached hydrogens (primary N) is 1. The molecule has 94 valence electrons. The van der Waals surface area contributed by atoms with E-state index >= 15 is 0 Å². The minimum atomic E-state index is -0.567. The van der Waals surface area contributed by atoms with E-state index in [0.717, 1.165) is 19.3 Å². The van der Waals surface area contributed by atoms with Crippen LogP contribution in [0.1, 0.15) is 38.5 Å². The van der Waals surface area contributed by atoms with Crippen LogP contribution >= 0.6 is 0 Å². The van der Waals surface area contributed by atoms with Crippen LogP contribution in [0.25, 0.3) is 0 Å². The number of primary amides is 1. The fraction of sp³-hybridized carbons (Fsp3) is 0.846. The zero-order chi connectivity index (χ0) is 12.0. The third-order valence-corrected chi connectivity index (χ3v) is 4.82. The maximum absolute atomic E-state index is 12.2. The van der Waals surface area contributed by atoms with Crippen molar-refractivity contribution in [2.75, 3.05) is 6.61 Å². The Labute approximate surface area is 101 Å². The van der Waals surface area contributed by atoms with Crippen LogP contribution in [0, 0.1) is 23.2 Å². The highest BCUT2D eigenvalue weighted by atomic mass is 16.5. The monoisotopic (exact) mass is 237 g/mol. The smallest absolute Gasteiger partial charge is 0.312 e. The third kappa shape index (κ3) is 1.83. The number of carbonyl (C=O) groups excluding carboxylic acids is 2. The predicted molar refractivity (Wildman–Crippen MR) is 60.8 cm³/mol. The maximum Gasteiger partial charge on any atom is 0.312 e. The van der Waals surface area contributed by atoms with Crippen LogP contribution in [-0.2, 0) is 14.3 Å². The number of hydrogen-bond acceptors (Lipinski definition) is 3. The van der Waals surface area contributed by atoms with Gasteiger partial charge in [-0.25, -0.2) is 0 Å². The molecule has 0 unspecified atom stereocenters. The number of carbonyl (C=O) groups is 2. The largest absolute Gasteiger partial charge is 0.455 e. The van der Waals surface area contributed by atoms with Gasteiger partial charge in [0.1, 0.15) is 0 Å². The molecule has 4 saturated carbocycles. The van der Waals surface area contributed by atoms with Gasteiger partial charge in [-0.2, -0.15) is 0 Å². The summed E-state index contributed by atoms with van der Waals surface area (Å²) in [6, 6.07) is 0. The lowest BCUT2D eigenvalue weighted by Gasteiger charge is -2.55. The molecule has 0 aromatic rings. The van der Waals surface area contributed by atoms with E-state index in [1.165, 1.54) is 19.3 Å². The predicted octanol–water partition coefficient (Wildman–Crippen LogP) is 1.23. The molecule has 0 saturated heterocycles. The highest BCUT2D eigenvalue weighted by molar-refractivity contribution is 5.82. The van der Waals surface area contributed by atoms with Gasteiger partial charge in [-0.1, -0.05) is 0 Å². The lowest BCUT2D eigenvalue weighted by atomic mass is 9.49. The van der Waals surface area contributed by atoms with Crippen molar-refractivity contribution in [1.82, 2.24) is 0 Å². The number of hydrogen-bond donors (Lipinski definition) is 1. The van der Waals surface area contributed by atoms with Crippen LogP contribution in [-0.4, -0.2) is 18.5 Å². The number of ether oxygens (including phenoxy) is 1. The Hall–Kier alpha value is -1.06. The van der Waals surface area contributed by atoms with Crippen molar-refractivity contribution < 1.29 is 14.3 Å². The molecule has 0 aliphatic heterocycles. The molecule has 4 bridgehead atoms. The Morgan fingerprint density at radius 1 is 1.06 bits per heavy atom. The Morgan fingerprint density at radius 3 is 1.94 bits per heavy atom. The first kappa shape index (κ1) is 11.1. The number of amides is 1. The molecule has 0 aromatic heterocycles. The van der Waals surface area contributed by atoms with Crippen molar-refractivity contribution in [3.63, 3.8) is 0 Å². The fourth-order valence-corrected chi connectivity index (χ4v) is 4.65. The van der Waals surface area contributed by atoms with Crippen molar-refractivity contribution >= 4 is 11.9 Å². The van der Waals surface area contributed by atoms with Crippen LogP contribution in [0.2, 0.25) is 0 Å². The molecule has 17 heavy (non-hydrogen) atoms. The molecule has 4 heteroatoms. The molecule has 4 nitrogen and oxygen atoms in total. The van der Waals surface area contributed by atoms with Crippen LogP contribution in [0.3, 0.4) is 0 Å². The highest BCUT2D eigenvalue weighted by Gasteiger charge is 2.55. The van der Waals surface area contributed by atoms with E-state index in [0.29, 0.717) is 17.8 Å². The normalized spacial score (nSPS) is 42.5. The van der Waals surface area contributed by atoms with Crippen molar-refractivity contribution in [2.24, 2.45) is 28.9 Å². The molecule has 4 rings (SSSR count). The lowest BCUT2D eigenvalue weighted by molar-refractivity contribution is -0.172.